The van der Waals surface area contributed by atoms with E-state index in [4.69, 9.17) is 4.74 Å². The summed E-state index contributed by atoms with van der Waals surface area (Å²) in [6, 6.07) is 0.374. The van der Waals surface area contributed by atoms with Crippen molar-refractivity contribution in [2.24, 2.45) is 5.92 Å². The van der Waals surface area contributed by atoms with E-state index in [1.165, 1.54) is 25.7 Å². The van der Waals surface area contributed by atoms with E-state index in [1.807, 2.05) is 0 Å². The van der Waals surface area contributed by atoms with Gasteiger partial charge in [0, 0.05) is 12.6 Å². The van der Waals surface area contributed by atoms with Crippen LogP contribution in [0, 0.1) is 5.92 Å². The first-order chi connectivity index (χ1) is 7.24. The maximum atomic E-state index is 9.35. The van der Waals surface area contributed by atoms with E-state index in [0.29, 0.717) is 12.1 Å². The van der Waals surface area contributed by atoms with Gasteiger partial charge >= 0.3 is 0 Å². The van der Waals surface area contributed by atoms with Crippen LogP contribution in [0.3, 0.4) is 0 Å². The Morgan fingerprint density at radius 3 is 2.60 bits per heavy atom. The third-order valence-corrected chi connectivity index (χ3v) is 3.69. The minimum Gasteiger partial charge on any atom is -0.392 e. The Morgan fingerprint density at radius 1 is 1.27 bits per heavy atom. The van der Waals surface area contributed by atoms with Gasteiger partial charge in [0.05, 0.1) is 18.8 Å². The summed E-state index contributed by atoms with van der Waals surface area (Å²) in [5.74, 6) is 0.885. The third-order valence-electron chi connectivity index (χ3n) is 3.69. The summed E-state index contributed by atoms with van der Waals surface area (Å²) in [7, 11) is 0. The summed E-state index contributed by atoms with van der Waals surface area (Å²) in [4.78, 5) is 0. The molecule has 0 aromatic heterocycles. The van der Waals surface area contributed by atoms with Gasteiger partial charge in [-0.2, -0.15) is 0 Å². The molecule has 1 aliphatic heterocycles. The van der Waals surface area contributed by atoms with Crippen molar-refractivity contribution >= 4 is 0 Å². The molecule has 0 aromatic carbocycles. The normalized spacial score (nSPS) is 42.0. The zero-order valence-corrected chi connectivity index (χ0v) is 9.61. The predicted molar refractivity (Wildman–Crippen MR) is 59.8 cm³/mol. The lowest BCUT2D eigenvalue weighted by molar-refractivity contribution is 0.00926. The van der Waals surface area contributed by atoms with Gasteiger partial charge in [-0.1, -0.05) is 6.92 Å². The second-order valence-electron chi connectivity index (χ2n) is 5.21. The number of ether oxygens (including phenoxy) is 1. The topological polar surface area (TPSA) is 41.5 Å². The van der Waals surface area contributed by atoms with Crippen LogP contribution in [-0.2, 0) is 4.74 Å². The average Bonchev–Trinajstić information content (AvgIpc) is 2.64. The zero-order chi connectivity index (χ0) is 10.7. The van der Waals surface area contributed by atoms with Gasteiger partial charge in [0.1, 0.15) is 0 Å². The molecule has 2 N–H and O–H groups in total. The van der Waals surface area contributed by atoms with Gasteiger partial charge in [-0.25, -0.2) is 0 Å². The second-order valence-corrected chi connectivity index (χ2v) is 5.21. The Kier molecular flexibility index (Phi) is 4.00. The molecule has 3 heteroatoms. The Labute approximate surface area is 92.2 Å². The van der Waals surface area contributed by atoms with Crippen molar-refractivity contribution in [1.29, 1.82) is 0 Å². The Balaban J connectivity index is 1.61. The maximum Gasteiger partial charge on any atom is 0.0680 e. The molecule has 1 heterocycles. The molecule has 0 bridgehead atoms. The van der Waals surface area contributed by atoms with Crippen molar-refractivity contribution in [1.82, 2.24) is 5.32 Å². The van der Waals surface area contributed by atoms with E-state index >= 15 is 0 Å². The van der Waals surface area contributed by atoms with Crippen LogP contribution < -0.4 is 5.32 Å². The molecule has 1 saturated carbocycles. The SMILES string of the molecule is CC1CCC(OC[C@@H]2C[C@H](O)CN2)CC1. The van der Waals surface area contributed by atoms with Gasteiger partial charge in [0.2, 0.25) is 0 Å². The third kappa shape index (κ3) is 3.44. The molecule has 0 radical (unpaired) electrons. The van der Waals surface area contributed by atoms with Crippen LogP contribution in [0.5, 0.6) is 0 Å². The molecular formula is C12H23NO2. The molecule has 3 nitrogen and oxygen atoms in total. The van der Waals surface area contributed by atoms with Gasteiger partial charge in [-0.05, 0) is 38.0 Å². The van der Waals surface area contributed by atoms with Crippen molar-refractivity contribution < 1.29 is 9.84 Å². The summed E-state index contributed by atoms with van der Waals surface area (Å²) in [5, 5.41) is 12.6. The summed E-state index contributed by atoms with van der Waals surface area (Å²) >= 11 is 0. The highest BCUT2D eigenvalue weighted by Crippen LogP contribution is 2.25. The maximum absolute atomic E-state index is 9.35. The highest BCUT2D eigenvalue weighted by atomic mass is 16.5. The van der Waals surface area contributed by atoms with Crippen molar-refractivity contribution in [3.05, 3.63) is 0 Å². The van der Waals surface area contributed by atoms with Crippen LogP contribution in [0.4, 0.5) is 0 Å². The standard InChI is InChI=1S/C12H23NO2/c1-9-2-4-12(5-3-9)15-8-10-6-11(14)7-13-10/h9-14H,2-8H2,1H3/t9?,10-,11-,12?/m0/s1. The quantitative estimate of drug-likeness (QED) is 0.742. The van der Waals surface area contributed by atoms with Gasteiger partial charge < -0.3 is 15.2 Å². The van der Waals surface area contributed by atoms with Crippen LogP contribution in [0.15, 0.2) is 0 Å². The molecule has 0 unspecified atom stereocenters. The Morgan fingerprint density at radius 2 is 2.00 bits per heavy atom. The Hall–Kier alpha value is -0.120. The van der Waals surface area contributed by atoms with Crippen LogP contribution in [0.2, 0.25) is 0 Å². The molecule has 88 valence electrons. The molecule has 2 aliphatic rings. The van der Waals surface area contributed by atoms with E-state index in [9.17, 15) is 5.11 Å². The lowest BCUT2D eigenvalue weighted by Crippen LogP contribution is -2.30. The fourth-order valence-corrected chi connectivity index (χ4v) is 2.57. The lowest BCUT2D eigenvalue weighted by atomic mass is 9.89. The van der Waals surface area contributed by atoms with E-state index in [1.54, 1.807) is 0 Å². The minimum atomic E-state index is -0.162. The molecule has 0 aromatic rings. The average molecular weight is 213 g/mol. The van der Waals surface area contributed by atoms with Crippen molar-refractivity contribution in [2.75, 3.05) is 13.2 Å². The van der Waals surface area contributed by atoms with Gasteiger partial charge in [-0.3, -0.25) is 0 Å². The van der Waals surface area contributed by atoms with Crippen LogP contribution >= 0.6 is 0 Å². The number of aliphatic hydroxyl groups is 1. The molecule has 2 fully saturated rings. The molecule has 2 rings (SSSR count). The highest BCUT2D eigenvalue weighted by molar-refractivity contribution is 4.81. The number of aliphatic hydroxyl groups excluding tert-OH is 1. The van der Waals surface area contributed by atoms with Crippen LogP contribution in [-0.4, -0.2) is 36.5 Å². The largest absolute Gasteiger partial charge is 0.392 e. The van der Waals surface area contributed by atoms with Gasteiger partial charge in [0.25, 0.3) is 0 Å². The number of rotatable bonds is 3. The molecule has 0 amide bonds. The first-order valence-electron chi connectivity index (χ1n) is 6.27. The second kappa shape index (κ2) is 5.28. The molecule has 0 spiro atoms. The number of hydrogen-bond acceptors (Lipinski definition) is 3. The Bertz CT molecular complexity index is 190. The molecule has 15 heavy (non-hydrogen) atoms. The summed E-state index contributed by atoms with van der Waals surface area (Å²) in [5.41, 5.74) is 0. The molecular weight excluding hydrogens is 190 g/mol. The van der Waals surface area contributed by atoms with Gasteiger partial charge in [-0.15, -0.1) is 0 Å². The summed E-state index contributed by atoms with van der Waals surface area (Å²) < 4.78 is 5.89. The van der Waals surface area contributed by atoms with E-state index in [-0.39, 0.29) is 6.10 Å². The van der Waals surface area contributed by atoms with Crippen LogP contribution in [0.25, 0.3) is 0 Å². The lowest BCUT2D eigenvalue weighted by Gasteiger charge is -2.27. The van der Waals surface area contributed by atoms with E-state index in [0.717, 1.165) is 25.5 Å². The summed E-state index contributed by atoms with van der Waals surface area (Å²) in [6.07, 6.45) is 6.22. The number of β-amino-alcohol motifs (C(OH)–C–C–N with tert-alkyl or cyclic N) is 1. The predicted octanol–water partition coefficient (Wildman–Crippen LogP) is 1.30. The minimum absolute atomic E-state index is 0.162. The van der Waals surface area contributed by atoms with Crippen molar-refractivity contribution in [3.8, 4) is 0 Å². The zero-order valence-electron chi connectivity index (χ0n) is 9.61. The monoisotopic (exact) mass is 213 g/mol. The first-order valence-corrected chi connectivity index (χ1v) is 6.27. The van der Waals surface area contributed by atoms with Crippen molar-refractivity contribution in [2.45, 2.75) is 57.3 Å². The fraction of sp³-hybridized carbons (Fsp3) is 1.00. The smallest absolute Gasteiger partial charge is 0.0680 e. The first kappa shape index (κ1) is 11.4. The van der Waals surface area contributed by atoms with Crippen molar-refractivity contribution in [3.63, 3.8) is 0 Å². The van der Waals surface area contributed by atoms with Gasteiger partial charge in [0.15, 0.2) is 0 Å². The molecule has 2 atom stereocenters. The molecule has 1 aliphatic carbocycles. The summed E-state index contributed by atoms with van der Waals surface area (Å²) in [6.45, 7) is 3.83. The molecule has 1 saturated heterocycles. The highest BCUT2D eigenvalue weighted by Gasteiger charge is 2.24. The number of nitrogens with one attached hydrogen (secondary N) is 1. The van der Waals surface area contributed by atoms with Crippen LogP contribution in [0.1, 0.15) is 39.0 Å². The fourth-order valence-electron chi connectivity index (χ4n) is 2.57. The number of hydrogen-bond donors (Lipinski definition) is 2. The van der Waals surface area contributed by atoms with E-state index in [2.05, 4.69) is 12.2 Å². The van der Waals surface area contributed by atoms with E-state index < -0.39 is 0 Å².